The van der Waals surface area contributed by atoms with Crippen molar-refractivity contribution < 1.29 is 23.9 Å². The molecule has 0 bridgehead atoms. The summed E-state index contributed by atoms with van der Waals surface area (Å²) in [5.41, 5.74) is 2.45. The number of anilines is 1. The van der Waals surface area contributed by atoms with E-state index in [2.05, 4.69) is 36.3 Å². The van der Waals surface area contributed by atoms with E-state index in [1.807, 2.05) is 24.3 Å². The van der Waals surface area contributed by atoms with Gasteiger partial charge in [0.15, 0.2) is 5.82 Å². The second kappa shape index (κ2) is 10.6. The number of nitrogens with two attached hydrogens (primary N) is 1. The van der Waals surface area contributed by atoms with E-state index in [0.717, 1.165) is 17.3 Å². The zero-order chi connectivity index (χ0) is 25.8. The minimum atomic E-state index is -0.653. The molecular weight excluding hydrogens is 470 g/mol. The van der Waals surface area contributed by atoms with Crippen molar-refractivity contribution in [2.75, 3.05) is 31.1 Å². The number of benzene rings is 2. The van der Waals surface area contributed by atoms with Gasteiger partial charge < -0.3 is 20.6 Å². The van der Waals surface area contributed by atoms with Crippen molar-refractivity contribution in [2.45, 2.75) is 31.3 Å². The van der Waals surface area contributed by atoms with Crippen LogP contribution < -0.4 is 11.2 Å². The van der Waals surface area contributed by atoms with Crippen LogP contribution in [0.15, 0.2) is 47.6 Å². The molecule has 3 N–H and O–H groups in total. The monoisotopic (exact) mass is 497 g/mol. The predicted molar refractivity (Wildman–Crippen MR) is 133 cm³/mol. The highest BCUT2D eigenvalue weighted by molar-refractivity contribution is 7.99. The molecule has 0 aliphatic heterocycles. The number of hydrogen-bond acceptors (Lipinski definition) is 9. The van der Waals surface area contributed by atoms with Crippen LogP contribution in [0.2, 0.25) is 0 Å². The summed E-state index contributed by atoms with van der Waals surface area (Å²) >= 11 is 1.10. The van der Waals surface area contributed by atoms with E-state index in [-0.39, 0.29) is 28.0 Å². The summed E-state index contributed by atoms with van der Waals surface area (Å²) < 4.78 is 10.7. The van der Waals surface area contributed by atoms with Gasteiger partial charge in [0.1, 0.15) is 0 Å². The Bertz CT molecular complexity index is 1210. The quantitative estimate of drug-likeness (QED) is 0.286. The third-order valence-corrected chi connectivity index (χ3v) is 6.01. The molecule has 0 atom stereocenters. The van der Waals surface area contributed by atoms with Gasteiger partial charge in [-0.2, -0.15) is 0 Å². The molecule has 3 rings (SSSR count). The number of carbonyl (C=O) groups is 3. The number of esters is 2. The van der Waals surface area contributed by atoms with Gasteiger partial charge in [0.25, 0.3) is 0 Å². The minimum absolute atomic E-state index is 0.0251. The maximum atomic E-state index is 12.5. The number of methoxy groups -OCH3 is 2. The summed E-state index contributed by atoms with van der Waals surface area (Å²) in [6.07, 6.45) is 0. The minimum Gasteiger partial charge on any atom is -0.465 e. The van der Waals surface area contributed by atoms with E-state index in [0.29, 0.717) is 11.0 Å². The van der Waals surface area contributed by atoms with Crippen LogP contribution in [-0.2, 0) is 19.7 Å². The normalized spacial score (nSPS) is 11.1. The predicted octanol–water partition coefficient (Wildman–Crippen LogP) is 3.26. The van der Waals surface area contributed by atoms with E-state index in [9.17, 15) is 14.4 Å². The Morgan fingerprint density at radius 1 is 0.971 bits per heavy atom. The molecular formula is C24H27N5O5S. The molecule has 184 valence electrons. The third-order valence-electron chi connectivity index (χ3n) is 5.06. The Morgan fingerprint density at radius 3 is 2.06 bits per heavy atom. The van der Waals surface area contributed by atoms with Crippen LogP contribution in [0.3, 0.4) is 0 Å². The highest BCUT2D eigenvalue weighted by Crippen LogP contribution is 2.26. The van der Waals surface area contributed by atoms with E-state index in [4.69, 9.17) is 15.3 Å². The number of hydrogen-bond donors (Lipinski definition) is 2. The zero-order valence-corrected chi connectivity index (χ0v) is 20.9. The number of rotatable bonds is 7. The molecule has 1 heterocycles. The fourth-order valence-electron chi connectivity index (χ4n) is 3.19. The van der Waals surface area contributed by atoms with Gasteiger partial charge in [-0.15, -0.1) is 10.2 Å². The molecule has 1 amide bonds. The van der Waals surface area contributed by atoms with Crippen LogP contribution >= 0.6 is 11.8 Å². The SMILES string of the molecule is COC(=O)c1cc(NC(=O)CSc2nnc(-c3ccc(C(C)(C)C)cc3)n2N)cc(C(=O)OC)c1. The molecule has 2 aromatic carbocycles. The number of thioether (sulfide) groups is 1. The van der Waals surface area contributed by atoms with E-state index >= 15 is 0 Å². The van der Waals surface area contributed by atoms with E-state index in [1.54, 1.807) is 0 Å². The smallest absolute Gasteiger partial charge is 0.337 e. The zero-order valence-electron chi connectivity index (χ0n) is 20.1. The molecule has 0 saturated heterocycles. The Balaban J connectivity index is 1.70. The van der Waals surface area contributed by atoms with Gasteiger partial charge in [0.2, 0.25) is 11.1 Å². The molecule has 0 aliphatic rings. The Labute approximate surface area is 207 Å². The van der Waals surface area contributed by atoms with Gasteiger partial charge in [0.05, 0.1) is 31.1 Å². The van der Waals surface area contributed by atoms with Crippen molar-refractivity contribution in [3.05, 3.63) is 59.2 Å². The summed E-state index contributed by atoms with van der Waals surface area (Å²) in [5, 5.41) is 11.3. The van der Waals surface area contributed by atoms with Gasteiger partial charge in [-0.05, 0) is 29.2 Å². The lowest BCUT2D eigenvalue weighted by atomic mass is 9.87. The molecule has 0 unspecified atom stereocenters. The van der Waals surface area contributed by atoms with E-state index in [1.165, 1.54) is 42.7 Å². The van der Waals surface area contributed by atoms with Crippen molar-refractivity contribution in [3.8, 4) is 11.4 Å². The van der Waals surface area contributed by atoms with Gasteiger partial charge in [-0.25, -0.2) is 14.3 Å². The fourth-order valence-corrected chi connectivity index (χ4v) is 3.85. The maximum Gasteiger partial charge on any atom is 0.337 e. The maximum absolute atomic E-state index is 12.5. The van der Waals surface area contributed by atoms with E-state index < -0.39 is 17.8 Å². The van der Waals surface area contributed by atoms with Crippen LogP contribution in [0.5, 0.6) is 0 Å². The van der Waals surface area contributed by atoms with Crippen LogP contribution in [0.1, 0.15) is 47.1 Å². The second-order valence-electron chi connectivity index (χ2n) is 8.62. The van der Waals surface area contributed by atoms with Gasteiger partial charge >= 0.3 is 11.9 Å². The lowest BCUT2D eigenvalue weighted by Crippen LogP contribution is -2.17. The first-order chi connectivity index (χ1) is 16.5. The summed E-state index contributed by atoms with van der Waals surface area (Å²) in [6.45, 7) is 6.40. The number of ether oxygens (including phenoxy) is 2. The summed E-state index contributed by atoms with van der Waals surface area (Å²) in [5.74, 6) is 4.91. The summed E-state index contributed by atoms with van der Waals surface area (Å²) in [4.78, 5) is 36.4. The third kappa shape index (κ3) is 6.18. The molecule has 35 heavy (non-hydrogen) atoms. The number of amides is 1. The van der Waals surface area contributed by atoms with Crippen molar-refractivity contribution in [1.29, 1.82) is 0 Å². The molecule has 0 aliphatic carbocycles. The highest BCUT2D eigenvalue weighted by Gasteiger charge is 2.18. The standard InChI is InChI=1S/C24H27N5O5S/c1-24(2,3)17-8-6-14(7-9-17)20-27-28-23(29(20)25)35-13-19(30)26-18-11-15(21(31)33-4)10-16(12-18)22(32)34-5/h6-12H,13,25H2,1-5H3,(H,26,30). The Kier molecular flexibility index (Phi) is 7.80. The van der Waals surface area contributed by atoms with Crippen molar-refractivity contribution in [2.24, 2.45) is 0 Å². The summed E-state index contributed by atoms with van der Waals surface area (Å²) in [7, 11) is 2.44. The average Bonchev–Trinajstić information content (AvgIpc) is 3.21. The highest BCUT2D eigenvalue weighted by atomic mass is 32.2. The van der Waals surface area contributed by atoms with Gasteiger partial charge in [-0.1, -0.05) is 56.8 Å². The number of nitrogen functional groups attached to an aromatic ring is 1. The van der Waals surface area contributed by atoms with Crippen LogP contribution in [0.25, 0.3) is 11.4 Å². The fraction of sp³-hybridized carbons (Fsp3) is 0.292. The molecule has 0 spiro atoms. The van der Waals surface area contributed by atoms with Crippen molar-refractivity contribution in [3.63, 3.8) is 0 Å². The Morgan fingerprint density at radius 2 is 1.54 bits per heavy atom. The van der Waals surface area contributed by atoms with Crippen molar-refractivity contribution >= 4 is 35.3 Å². The summed E-state index contributed by atoms with van der Waals surface area (Å²) in [6, 6.07) is 12.1. The lowest BCUT2D eigenvalue weighted by Gasteiger charge is -2.19. The van der Waals surface area contributed by atoms with Crippen LogP contribution in [-0.4, -0.2) is 52.7 Å². The molecule has 0 saturated carbocycles. The first-order valence-corrected chi connectivity index (χ1v) is 11.6. The average molecular weight is 498 g/mol. The van der Waals surface area contributed by atoms with Crippen LogP contribution in [0.4, 0.5) is 5.69 Å². The number of nitrogens with zero attached hydrogens (tertiary/aromatic N) is 3. The molecule has 0 radical (unpaired) electrons. The largest absolute Gasteiger partial charge is 0.465 e. The molecule has 3 aromatic rings. The number of aromatic nitrogens is 3. The molecule has 11 heteroatoms. The number of nitrogens with one attached hydrogen (secondary N) is 1. The topological polar surface area (TPSA) is 138 Å². The van der Waals surface area contributed by atoms with Gasteiger partial charge in [-0.3, -0.25) is 4.79 Å². The molecule has 0 fully saturated rings. The first-order valence-electron chi connectivity index (χ1n) is 10.6. The number of carbonyl (C=O) groups excluding carboxylic acids is 3. The van der Waals surface area contributed by atoms with Crippen molar-refractivity contribution in [1.82, 2.24) is 14.9 Å². The van der Waals surface area contributed by atoms with Crippen LogP contribution in [0, 0.1) is 0 Å². The first kappa shape index (κ1) is 25.8. The molecule has 10 nitrogen and oxygen atoms in total. The van der Waals surface area contributed by atoms with Gasteiger partial charge in [0, 0.05) is 11.3 Å². The Hall–Kier alpha value is -3.86. The molecule has 1 aromatic heterocycles. The lowest BCUT2D eigenvalue weighted by molar-refractivity contribution is -0.113. The second-order valence-corrected chi connectivity index (χ2v) is 9.57.